The number of fused-ring (bicyclic) bond motifs is 1. The molecule has 1 atom stereocenters. The van der Waals surface area contributed by atoms with Crippen LogP contribution in [0.3, 0.4) is 0 Å². The van der Waals surface area contributed by atoms with Crippen LogP contribution in [0.25, 0.3) is 0 Å². The maximum atomic E-state index is 12.1. The molecule has 0 radical (unpaired) electrons. The molecule has 1 aliphatic carbocycles. The molecule has 0 spiro atoms. The number of amides is 2. The molecule has 7 nitrogen and oxygen atoms in total. The fraction of sp³-hybridized carbons (Fsp3) is 0.526. The van der Waals surface area contributed by atoms with Gasteiger partial charge in [0.1, 0.15) is 11.9 Å². The first kappa shape index (κ1) is 16.9. The van der Waals surface area contributed by atoms with Crippen LogP contribution in [0.5, 0.6) is 5.88 Å². The Morgan fingerprint density at radius 2 is 2.12 bits per heavy atom. The van der Waals surface area contributed by atoms with E-state index in [1.165, 1.54) is 12.8 Å². The molecular formula is C19H25N5O2. The van der Waals surface area contributed by atoms with Crippen molar-refractivity contribution in [1.82, 2.24) is 19.9 Å². The van der Waals surface area contributed by atoms with Gasteiger partial charge in [0, 0.05) is 38.0 Å². The number of hydrogen-bond acceptors (Lipinski definition) is 4. The number of imidazole rings is 1. The van der Waals surface area contributed by atoms with Gasteiger partial charge in [0.05, 0.1) is 11.9 Å². The van der Waals surface area contributed by atoms with Crippen LogP contribution in [0, 0.1) is 5.92 Å². The fourth-order valence-electron chi connectivity index (χ4n) is 3.72. The molecule has 26 heavy (non-hydrogen) atoms. The number of carbonyl (C=O) groups excluding carboxylic acids is 1. The Labute approximate surface area is 153 Å². The molecule has 1 saturated carbocycles. The number of aromatic nitrogens is 3. The summed E-state index contributed by atoms with van der Waals surface area (Å²) < 4.78 is 8.00. The maximum Gasteiger partial charge on any atom is 0.319 e. The molecule has 1 aliphatic heterocycles. The zero-order chi connectivity index (χ0) is 17.8. The standard InChI is InChI=1S/C19H25N5O2/c25-19(22-11-14-5-7-17-20-9-10-24(17)13-14)23-15-6-8-18(21-12-15)26-16-3-1-2-4-16/h6,8-10,12,14,16H,1-5,7,11,13H2,(H2,22,23,25). The number of aryl methyl sites for hydroxylation is 1. The van der Waals surface area contributed by atoms with Gasteiger partial charge in [-0.15, -0.1) is 0 Å². The van der Waals surface area contributed by atoms with E-state index in [1.807, 2.05) is 24.5 Å². The maximum absolute atomic E-state index is 12.1. The van der Waals surface area contributed by atoms with Crippen molar-refractivity contribution in [1.29, 1.82) is 0 Å². The third-order valence-electron chi connectivity index (χ3n) is 5.17. The Hall–Kier alpha value is -2.57. The third-order valence-corrected chi connectivity index (χ3v) is 5.17. The summed E-state index contributed by atoms with van der Waals surface area (Å²) >= 11 is 0. The first-order valence-electron chi connectivity index (χ1n) is 9.44. The molecule has 2 aromatic rings. The molecule has 4 rings (SSSR count). The van der Waals surface area contributed by atoms with E-state index in [9.17, 15) is 4.79 Å². The number of urea groups is 1. The minimum absolute atomic E-state index is 0.201. The van der Waals surface area contributed by atoms with Gasteiger partial charge in [-0.05, 0) is 44.1 Å². The number of pyridine rings is 1. The third kappa shape index (κ3) is 4.15. The quantitative estimate of drug-likeness (QED) is 0.864. The topological polar surface area (TPSA) is 81.1 Å². The lowest BCUT2D eigenvalue weighted by Gasteiger charge is -2.24. The molecule has 1 unspecified atom stereocenters. The Kier molecular flexibility index (Phi) is 5.04. The number of ether oxygens (including phenoxy) is 1. The van der Waals surface area contributed by atoms with E-state index in [0.717, 1.165) is 38.1 Å². The molecule has 7 heteroatoms. The first-order valence-corrected chi connectivity index (χ1v) is 9.44. The smallest absolute Gasteiger partial charge is 0.319 e. The summed E-state index contributed by atoms with van der Waals surface area (Å²) in [5.41, 5.74) is 0.668. The molecule has 1 fully saturated rings. The molecule has 3 heterocycles. The summed E-state index contributed by atoms with van der Waals surface area (Å²) in [4.78, 5) is 20.7. The normalized spacial score (nSPS) is 19.8. The largest absolute Gasteiger partial charge is 0.474 e. The van der Waals surface area contributed by atoms with Gasteiger partial charge in [-0.25, -0.2) is 14.8 Å². The number of nitrogens with one attached hydrogen (secondary N) is 2. The highest BCUT2D eigenvalue weighted by Crippen LogP contribution is 2.23. The number of nitrogens with zero attached hydrogens (tertiary/aromatic N) is 3. The van der Waals surface area contributed by atoms with Crippen molar-refractivity contribution >= 4 is 11.7 Å². The van der Waals surface area contributed by atoms with Gasteiger partial charge < -0.3 is 19.9 Å². The lowest BCUT2D eigenvalue weighted by molar-refractivity contribution is 0.201. The fourth-order valence-corrected chi connectivity index (χ4v) is 3.72. The van der Waals surface area contributed by atoms with E-state index in [1.54, 1.807) is 6.20 Å². The van der Waals surface area contributed by atoms with Crippen LogP contribution in [0.4, 0.5) is 10.5 Å². The highest BCUT2D eigenvalue weighted by Gasteiger charge is 2.19. The Morgan fingerprint density at radius 1 is 1.23 bits per heavy atom. The zero-order valence-electron chi connectivity index (χ0n) is 14.9. The van der Waals surface area contributed by atoms with Gasteiger partial charge in [0.15, 0.2) is 0 Å². The van der Waals surface area contributed by atoms with E-state index in [4.69, 9.17) is 4.74 Å². The number of hydrogen-bond donors (Lipinski definition) is 2. The molecule has 2 aromatic heterocycles. The van der Waals surface area contributed by atoms with Crippen LogP contribution in [0.15, 0.2) is 30.7 Å². The van der Waals surface area contributed by atoms with E-state index in [0.29, 0.717) is 24.0 Å². The van der Waals surface area contributed by atoms with E-state index < -0.39 is 0 Å². The summed E-state index contributed by atoms with van der Waals surface area (Å²) in [6.07, 6.45) is 12.4. The predicted molar refractivity (Wildman–Crippen MR) is 98.2 cm³/mol. The average Bonchev–Trinajstić information content (AvgIpc) is 3.33. The second-order valence-electron chi connectivity index (χ2n) is 7.14. The summed E-state index contributed by atoms with van der Waals surface area (Å²) in [5, 5.41) is 5.78. The SMILES string of the molecule is O=C(NCC1CCc2nccn2C1)Nc1ccc(OC2CCCC2)nc1. The molecule has 2 aliphatic rings. The van der Waals surface area contributed by atoms with E-state index >= 15 is 0 Å². The Morgan fingerprint density at radius 3 is 2.92 bits per heavy atom. The van der Waals surface area contributed by atoms with Crippen molar-refractivity contribution in [3.05, 3.63) is 36.5 Å². The summed E-state index contributed by atoms with van der Waals surface area (Å²) in [7, 11) is 0. The minimum atomic E-state index is -0.201. The molecule has 0 saturated heterocycles. The molecule has 138 valence electrons. The van der Waals surface area contributed by atoms with Gasteiger partial charge in [0.2, 0.25) is 5.88 Å². The van der Waals surface area contributed by atoms with Gasteiger partial charge in [-0.2, -0.15) is 0 Å². The first-order chi connectivity index (χ1) is 12.8. The highest BCUT2D eigenvalue weighted by molar-refractivity contribution is 5.88. The monoisotopic (exact) mass is 355 g/mol. The summed E-state index contributed by atoms with van der Waals surface area (Å²) in [6.45, 7) is 1.56. The second-order valence-corrected chi connectivity index (χ2v) is 7.14. The van der Waals surface area contributed by atoms with Crippen molar-refractivity contribution < 1.29 is 9.53 Å². The lowest BCUT2D eigenvalue weighted by Crippen LogP contribution is -2.36. The predicted octanol–water partition coefficient (Wildman–Crippen LogP) is 2.98. The van der Waals surface area contributed by atoms with Gasteiger partial charge in [-0.1, -0.05) is 0 Å². The average molecular weight is 355 g/mol. The van der Waals surface area contributed by atoms with Crippen LogP contribution < -0.4 is 15.4 Å². The Bertz CT molecular complexity index is 737. The Balaban J connectivity index is 1.22. The minimum Gasteiger partial charge on any atom is -0.474 e. The molecular weight excluding hydrogens is 330 g/mol. The molecule has 0 bridgehead atoms. The zero-order valence-corrected chi connectivity index (χ0v) is 14.9. The van der Waals surface area contributed by atoms with Crippen LogP contribution in [0.1, 0.15) is 37.9 Å². The van der Waals surface area contributed by atoms with E-state index in [2.05, 4.69) is 25.2 Å². The van der Waals surface area contributed by atoms with Crippen LogP contribution in [-0.2, 0) is 13.0 Å². The summed E-state index contributed by atoms with van der Waals surface area (Å²) in [5.74, 6) is 2.20. The van der Waals surface area contributed by atoms with Crippen molar-refractivity contribution in [3.63, 3.8) is 0 Å². The van der Waals surface area contributed by atoms with Crippen molar-refractivity contribution in [2.24, 2.45) is 5.92 Å². The van der Waals surface area contributed by atoms with Crippen molar-refractivity contribution in [2.75, 3.05) is 11.9 Å². The summed E-state index contributed by atoms with van der Waals surface area (Å²) in [6, 6.07) is 3.44. The second kappa shape index (κ2) is 7.76. The molecule has 0 aromatic carbocycles. The van der Waals surface area contributed by atoms with Crippen LogP contribution in [0.2, 0.25) is 0 Å². The highest BCUT2D eigenvalue weighted by atomic mass is 16.5. The van der Waals surface area contributed by atoms with Crippen LogP contribution >= 0.6 is 0 Å². The number of carbonyl (C=O) groups is 1. The van der Waals surface area contributed by atoms with Gasteiger partial charge in [0.25, 0.3) is 0 Å². The van der Waals surface area contributed by atoms with Gasteiger partial charge in [-0.3, -0.25) is 0 Å². The molecule has 2 N–H and O–H groups in total. The van der Waals surface area contributed by atoms with E-state index in [-0.39, 0.29) is 12.1 Å². The van der Waals surface area contributed by atoms with Crippen molar-refractivity contribution in [2.45, 2.75) is 51.2 Å². The van der Waals surface area contributed by atoms with Gasteiger partial charge >= 0.3 is 6.03 Å². The molecule has 2 amide bonds. The van der Waals surface area contributed by atoms with Crippen molar-refractivity contribution in [3.8, 4) is 5.88 Å². The van der Waals surface area contributed by atoms with Crippen LogP contribution in [-0.4, -0.2) is 33.2 Å². The lowest BCUT2D eigenvalue weighted by atomic mass is 9.99. The number of anilines is 1. The number of rotatable bonds is 5.